The van der Waals surface area contributed by atoms with Crippen molar-refractivity contribution in [3.63, 3.8) is 0 Å². The topological polar surface area (TPSA) is 109 Å². The normalized spacial score (nSPS) is 12.6. The molecule has 1 atom stereocenters. The Morgan fingerprint density at radius 1 is 1.42 bits per heavy atom. The van der Waals surface area contributed by atoms with Crippen LogP contribution in [0.2, 0.25) is 0 Å². The number of fused-ring (bicyclic) bond motifs is 1. The van der Waals surface area contributed by atoms with Crippen molar-refractivity contribution in [3.8, 4) is 0 Å². The third-order valence-corrected chi connectivity index (χ3v) is 3.83. The minimum Gasteiger partial charge on any atom is -0.480 e. The van der Waals surface area contributed by atoms with E-state index in [1.807, 2.05) is 13.8 Å². The molecule has 8 heteroatoms. The van der Waals surface area contributed by atoms with E-state index < -0.39 is 12.0 Å². The van der Waals surface area contributed by atoms with E-state index in [4.69, 9.17) is 5.11 Å². The van der Waals surface area contributed by atoms with Gasteiger partial charge in [-0.2, -0.15) is 10.1 Å². The first-order valence-corrected chi connectivity index (χ1v) is 7.73. The molecule has 2 rings (SSSR count). The Bertz CT molecular complexity index is 781. The molecule has 2 N–H and O–H groups in total. The summed E-state index contributed by atoms with van der Waals surface area (Å²) in [5.41, 5.74) is 2.60. The minimum absolute atomic E-state index is 0.184. The smallest absolute Gasteiger partial charge is 0.326 e. The van der Waals surface area contributed by atoms with E-state index in [9.17, 15) is 9.59 Å². The standard InChI is InChI=1S/C16H21N5O3/c1-4-5-6-13(15(23)24)20-14(22)8-7-12-10(2)19-16-17-9-18-21(16)11(12)3/h4-5,9,13H,6-8H2,1-3H3,(H,20,22)(H,23,24)/b5-4+. The van der Waals surface area contributed by atoms with Gasteiger partial charge in [0.15, 0.2) is 0 Å². The molecule has 2 heterocycles. The number of carboxylic acid groups (broad SMARTS) is 1. The second kappa shape index (κ2) is 7.67. The number of nitrogens with one attached hydrogen (secondary N) is 1. The summed E-state index contributed by atoms with van der Waals surface area (Å²) in [6, 6.07) is -0.910. The average molecular weight is 331 g/mol. The van der Waals surface area contributed by atoms with Crippen LogP contribution in [-0.4, -0.2) is 42.6 Å². The number of carboxylic acids is 1. The van der Waals surface area contributed by atoms with Gasteiger partial charge in [0.2, 0.25) is 5.91 Å². The van der Waals surface area contributed by atoms with Gasteiger partial charge >= 0.3 is 5.97 Å². The monoisotopic (exact) mass is 331 g/mol. The zero-order valence-corrected chi connectivity index (χ0v) is 14.0. The molecule has 0 bridgehead atoms. The first-order chi connectivity index (χ1) is 11.4. The van der Waals surface area contributed by atoms with E-state index in [1.165, 1.54) is 6.33 Å². The summed E-state index contributed by atoms with van der Waals surface area (Å²) in [6.45, 7) is 5.57. The number of aliphatic carboxylic acids is 1. The van der Waals surface area contributed by atoms with Gasteiger partial charge in [-0.05, 0) is 39.2 Å². The fraction of sp³-hybridized carbons (Fsp3) is 0.438. The van der Waals surface area contributed by atoms with Crippen molar-refractivity contribution in [2.75, 3.05) is 0 Å². The molecule has 0 saturated heterocycles. The number of rotatable bonds is 7. The molecule has 0 aromatic carbocycles. The Balaban J connectivity index is 2.04. The van der Waals surface area contributed by atoms with E-state index in [-0.39, 0.29) is 18.7 Å². The highest BCUT2D eigenvalue weighted by atomic mass is 16.4. The fourth-order valence-corrected chi connectivity index (χ4v) is 2.52. The van der Waals surface area contributed by atoms with Gasteiger partial charge in [0, 0.05) is 17.8 Å². The second-order valence-electron chi connectivity index (χ2n) is 5.50. The van der Waals surface area contributed by atoms with E-state index in [1.54, 1.807) is 23.6 Å². The number of carbonyl (C=O) groups is 2. The highest BCUT2D eigenvalue weighted by Gasteiger charge is 2.19. The van der Waals surface area contributed by atoms with E-state index in [0.29, 0.717) is 12.2 Å². The molecule has 0 aliphatic carbocycles. The maximum Gasteiger partial charge on any atom is 0.326 e. The summed E-state index contributed by atoms with van der Waals surface area (Å²) in [7, 11) is 0. The molecular weight excluding hydrogens is 310 g/mol. The molecule has 1 amide bonds. The first-order valence-electron chi connectivity index (χ1n) is 7.73. The maximum atomic E-state index is 12.1. The summed E-state index contributed by atoms with van der Waals surface area (Å²) < 4.78 is 1.63. The van der Waals surface area contributed by atoms with E-state index in [2.05, 4.69) is 20.4 Å². The van der Waals surface area contributed by atoms with Gasteiger partial charge in [-0.1, -0.05) is 12.2 Å². The van der Waals surface area contributed by atoms with Gasteiger partial charge in [-0.3, -0.25) is 4.79 Å². The molecule has 0 fully saturated rings. The van der Waals surface area contributed by atoms with Gasteiger partial charge in [0.1, 0.15) is 12.4 Å². The highest BCUT2D eigenvalue weighted by molar-refractivity contribution is 5.83. The van der Waals surface area contributed by atoms with Crippen LogP contribution in [0.4, 0.5) is 0 Å². The minimum atomic E-state index is -1.04. The second-order valence-corrected chi connectivity index (χ2v) is 5.50. The van der Waals surface area contributed by atoms with Crippen LogP contribution >= 0.6 is 0 Å². The van der Waals surface area contributed by atoms with Crippen molar-refractivity contribution < 1.29 is 14.7 Å². The fourth-order valence-electron chi connectivity index (χ4n) is 2.52. The van der Waals surface area contributed by atoms with Crippen molar-refractivity contribution in [2.24, 2.45) is 0 Å². The van der Waals surface area contributed by atoms with Crippen LogP contribution in [0.15, 0.2) is 18.5 Å². The van der Waals surface area contributed by atoms with Crippen LogP contribution in [0.1, 0.15) is 36.7 Å². The van der Waals surface area contributed by atoms with Crippen molar-refractivity contribution in [3.05, 3.63) is 35.4 Å². The van der Waals surface area contributed by atoms with Crippen LogP contribution < -0.4 is 5.32 Å². The van der Waals surface area contributed by atoms with Crippen LogP contribution in [0.25, 0.3) is 5.78 Å². The number of hydrogen-bond donors (Lipinski definition) is 2. The summed E-state index contributed by atoms with van der Waals surface area (Å²) in [4.78, 5) is 31.7. The SMILES string of the molecule is C/C=C/CC(NC(=O)CCc1c(C)nc2ncnn2c1C)C(=O)O. The number of aromatic nitrogens is 4. The molecular formula is C16H21N5O3. The van der Waals surface area contributed by atoms with Crippen LogP contribution in [-0.2, 0) is 16.0 Å². The lowest BCUT2D eigenvalue weighted by Gasteiger charge is -2.14. The molecule has 1 unspecified atom stereocenters. The Morgan fingerprint density at radius 2 is 2.17 bits per heavy atom. The number of hydrogen-bond acceptors (Lipinski definition) is 5. The molecule has 0 aliphatic rings. The predicted octanol–water partition coefficient (Wildman–Crippen LogP) is 1.21. The van der Waals surface area contributed by atoms with Crippen molar-refractivity contribution in [2.45, 2.75) is 46.1 Å². The third kappa shape index (κ3) is 3.95. The van der Waals surface area contributed by atoms with Gasteiger partial charge in [-0.15, -0.1) is 0 Å². The highest BCUT2D eigenvalue weighted by Crippen LogP contribution is 2.15. The quantitative estimate of drug-likeness (QED) is 0.738. The largest absolute Gasteiger partial charge is 0.480 e. The maximum absolute atomic E-state index is 12.1. The van der Waals surface area contributed by atoms with Crippen LogP contribution in [0, 0.1) is 13.8 Å². The Labute approximate surface area is 139 Å². The predicted molar refractivity (Wildman–Crippen MR) is 87.6 cm³/mol. The van der Waals surface area contributed by atoms with Gasteiger partial charge in [0.25, 0.3) is 5.78 Å². The lowest BCUT2D eigenvalue weighted by atomic mass is 10.1. The zero-order chi connectivity index (χ0) is 17.7. The summed E-state index contributed by atoms with van der Waals surface area (Å²) in [5.74, 6) is -0.820. The first kappa shape index (κ1) is 17.6. The van der Waals surface area contributed by atoms with Crippen LogP contribution in [0.5, 0.6) is 0 Å². The molecule has 0 saturated carbocycles. The molecule has 8 nitrogen and oxygen atoms in total. The molecule has 128 valence electrons. The molecule has 2 aromatic rings. The number of carbonyl (C=O) groups excluding carboxylic acids is 1. The van der Waals surface area contributed by atoms with E-state index in [0.717, 1.165) is 17.0 Å². The third-order valence-electron chi connectivity index (χ3n) is 3.83. The lowest BCUT2D eigenvalue weighted by molar-refractivity contribution is -0.141. The Kier molecular flexibility index (Phi) is 5.62. The number of aryl methyl sites for hydroxylation is 2. The molecule has 24 heavy (non-hydrogen) atoms. The number of allylic oxidation sites excluding steroid dienone is 1. The number of nitrogens with zero attached hydrogens (tertiary/aromatic N) is 4. The molecule has 0 radical (unpaired) electrons. The molecule has 0 spiro atoms. The summed E-state index contributed by atoms with van der Waals surface area (Å²) in [5, 5.41) is 15.8. The number of amides is 1. The zero-order valence-electron chi connectivity index (χ0n) is 14.0. The van der Waals surface area contributed by atoms with Crippen LogP contribution in [0.3, 0.4) is 0 Å². The molecule has 2 aromatic heterocycles. The summed E-state index contributed by atoms with van der Waals surface area (Å²) in [6.07, 6.45) is 5.82. The van der Waals surface area contributed by atoms with Gasteiger partial charge < -0.3 is 10.4 Å². The Hall–Kier alpha value is -2.77. The van der Waals surface area contributed by atoms with Crippen molar-refractivity contribution >= 4 is 17.7 Å². The molecule has 0 aliphatic heterocycles. The van der Waals surface area contributed by atoms with Gasteiger partial charge in [-0.25, -0.2) is 14.3 Å². The summed E-state index contributed by atoms with van der Waals surface area (Å²) >= 11 is 0. The van der Waals surface area contributed by atoms with Crippen molar-refractivity contribution in [1.29, 1.82) is 0 Å². The lowest BCUT2D eigenvalue weighted by Crippen LogP contribution is -2.40. The Morgan fingerprint density at radius 3 is 2.83 bits per heavy atom. The van der Waals surface area contributed by atoms with E-state index >= 15 is 0 Å². The average Bonchev–Trinajstić information content (AvgIpc) is 2.99. The van der Waals surface area contributed by atoms with Gasteiger partial charge in [0.05, 0.1) is 0 Å². The van der Waals surface area contributed by atoms with Crippen molar-refractivity contribution in [1.82, 2.24) is 24.9 Å².